The van der Waals surface area contributed by atoms with Crippen molar-refractivity contribution in [2.24, 2.45) is 0 Å². The molecule has 0 bridgehead atoms. The number of carbonyl (C=O) groups is 2. The van der Waals surface area contributed by atoms with Gasteiger partial charge >= 0.3 is 18.0 Å². The summed E-state index contributed by atoms with van der Waals surface area (Å²) in [6, 6.07) is 15.4. The average Bonchev–Trinajstić information content (AvgIpc) is 3.49. The lowest BCUT2D eigenvalue weighted by Gasteiger charge is -2.19. The van der Waals surface area contributed by atoms with Crippen LogP contribution in [0.15, 0.2) is 75.9 Å². The summed E-state index contributed by atoms with van der Waals surface area (Å²) in [5, 5.41) is 5.40. The minimum atomic E-state index is -4.56. The van der Waals surface area contributed by atoms with Crippen LogP contribution in [0.4, 0.5) is 29.3 Å². The molecule has 0 radical (unpaired) electrons. The van der Waals surface area contributed by atoms with E-state index in [0.29, 0.717) is 42.0 Å². The Hall–Kier alpha value is -4.54. The summed E-state index contributed by atoms with van der Waals surface area (Å²) in [7, 11) is 0. The molecule has 3 amide bonds. The van der Waals surface area contributed by atoms with Gasteiger partial charge in [-0.1, -0.05) is 24.3 Å². The Bertz CT molecular complexity index is 1590. The predicted molar refractivity (Wildman–Crippen MR) is 135 cm³/mol. The van der Waals surface area contributed by atoms with Crippen molar-refractivity contribution in [3.63, 3.8) is 0 Å². The van der Waals surface area contributed by atoms with E-state index >= 15 is 0 Å². The number of carbonyl (C=O) groups excluding carboxylic acids is 2. The van der Waals surface area contributed by atoms with Gasteiger partial charge in [-0.25, -0.2) is 9.59 Å². The molecule has 11 heteroatoms. The van der Waals surface area contributed by atoms with Gasteiger partial charge in [-0.3, -0.25) is 9.36 Å². The van der Waals surface area contributed by atoms with Crippen molar-refractivity contribution >= 4 is 34.4 Å². The predicted octanol–water partition coefficient (Wildman–Crippen LogP) is 5.65. The summed E-state index contributed by atoms with van der Waals surface area (Å²) in [6.45, 7) is 2.51. The molecule has 3 aromatic carbocycles. The third-order valence-corrected chi connectivity index (χ3v) is 6.52. The monoisotopic (exact) mass is 524 g/mol. The summed E-state index contributed by atoms with van der Waals surface area (Å²) in [4.78, 5) is 39.6. The van der Waals surface area contributed by atoms with Crippen LogP contribution in [0.5, 0.6) is 0 Å². The molecule has 196 valence electrons. The van der Waals surface area contributed by atoms with Crippen molar-refractivity contribution in [3.8, 4) is 0 Å². The van der Waals surface area contributed by atoms with Gasteiger partial charge in [-0.2, -0.15) is 13.2 Å². The summed E-state index contributed by atoms with van der Waals surface area (Å²) in [6.07, 6.45) is -3.99. The van der Waals surface area contributed by atoms with Crippen LogP contribution in [0.2, 0.25) is 0 Å². The quantitative estimate of drug-likeness (QED) is 0.361. The summed E-state index contributed by atoms with van der Waals surface area (Å²) in [5.41, 5.74) is 1.57. The molecule has 0 spiro atoms. The highest BCUT2D eigenvalue weighted by atomic mass is 19.4. The van der Waals surface area contributed by atoms with Crippen LogP contribution in [0, 0.1) is 6.92 Å². The van der Waals surface area contributed by atoms with E-state index in [2.05, 4.69) is 10.6 Å². The molecule has 1 aliphatic rings. The molecule has 1 unspecified atom stereocenters. The zero-order chi connectivity index (χ0) is 27.0. The number of hydrogen-bond acceptors (Lipinski definition) is 4. The van der Waals surface area contributed by atoms with Crippen molar-refractivity contribution in [1.29, 1.82) is 0 Å². The number of para-hydroxylation sites is 2. The number of benzene rings is 3. The molecule has 1 aliphatic heterocycles. The fourth-order valence-corrected chi connectivity index (χ4v) is 4.54. The number of aryl methyl sites for hydroxylation is 1. The van der Waals surface area contributed by atoms with Gasteiger partial charge in [-0.05, 0) is 61.4 Å². The summed E-state index contributed by atoms with van der Waals surface area (Å²) in [5.74, 6) is -1.18. The first kappa shape index (κ1) is 25.1. The molecule has 8 nitrogen and oxygen atoms in total. The van der Waals surface area contributed by atoms with Crippen LogP contribution >= 0.6 is 0 Å². The normalized spacial score (nSPS) is 15.6. The Morgan fingerprint density at radius 2 is 1.79 bits per heavy atom. The maximum absolute atomic E-state index is 13.0. The number of alkyl halides is 3. The average molecular weight is 524 g/mol. The standard InChI is InChI=1S/C27H23F3N4O4/c1-16-9-10-19(31-24(35)17-5-4-6-18(13-17)27(28,29)30)14-21(16)32-25(36)33-12-11-20(15-33)34-22-7-2-3-8-23(22)38-26(34)37/h2-10,13-14,20H,11-12,15H2,1H3,(H,31,35)(H,32,36). The van der Waals surface area contributed by atoms with Gasteiger partial charge in [0.1, 0.15) is 0 Å². The number of anilines is 2. The van der Waals surface area contributed by atoms with Gasteiger partial charge in [0.25, 0.3) is 5.91 Å². The number of amides is 3. The topological polar surface area (TPSA) is 96.6 Å². The number of likely N-dealkylation sites (tertiary alicyclic amines) is 1. The number of urea groups is 1. The lowest BCUT2D eigenvalue weighted by atomic mass is 10.1. The second-order valence-electron chi connectivity index (χ2n) is 9.09. The van der Waals surface area contributed by atoms with Crippen LogP contribution in [0.1, 0.15) is 33.9 Å². The van der Waals surface area contributed by atoms with E-state index in [9.17, 15) is 27.6 Å². The minimum Gasteiger partial charge on any atom is -0.408 e. The van der Waals surface area contributed by atoms with E-state index < -0.39 is 23.4 Å². The second kappa shape index (κ2) is 9.73. The van der Waals surface area contributed by atoms with Gasteiger partial charge in [0.15, 0.2) is 5.58 Å². The van der Waals surface area contributed by atoms with E-state index in [1.54, 1.807) is 52.8 Å². The number of nitrogens with one attached hydrogen (secondary N) is 2. The summed E-state index contributed by atoms with van der Waals surface area (Å²) >= 11 is 0. The zero-order valence-corrected chi connectivity index (χ0v) is 20.2. The van der Waals surface area contributed by atoms with Crippen LogP contribution in [-0.4, -0.2) is 34.5 Å². The van der Waals surface area contributed by atoms with Crippen molar-refractivity contribution in [2.45, 2.75) is 25.6 Å². The Balaban J connectivity index is 1.27. The van der Waals surface area contributed by atoms with Gasteiger partial charge in [0.05, 0.1) is 17.1 Å². The van der Waals surface area contributed by atoms with Crippen molar-refractivity contribution in [3.05, 3.63) is 94.0 Å². The largest absolute Gasteiger partial charge is 0.420 e. The fourth-order valence-electron chi connectivity index (χ4n) is 4.54. The molecular weight excluding hydrogens is 501 g/mol. The molecule has 0 saturated carbocycles. The molecule has 1 aromatic heterocycles. The first-order chi connectivity index (χ1) is 18.1. The molecule has 1 fully saturated rings. The zero-order valence-electron chi connectivity index (χ0n) is 20.2. The maximum atomic E-state index is 13.0. The van der Waals surface area contributed by atoms with E-state index in [4.69, 9.17) is 4.42 Å². The molecule has 1 saturated heterocycles. The van der Waals surface area contributed by atoms with Crippen molar-refractivity contribution < 1.29 is 27.2 Å². The third-order valence-electron chi connectivity index (χ3n) is 6.52. The molecule has 2 N–H and O–H groups in total. The van der Waals surface area contributed by atoms with Gasteiger partial charge in [-0.15, -0.1) is 0 Å². The van der Waals surface area contributed by atoms with Gasteiger partial charge < -0.3 is 20.0 Å². The SMILES string of the molecule is Cc1ccc(NC(=O)c2cccc(C(F)(F)F)c2)cc1NC(=O)N1CCC(n2c(=O)oc3ccccc32)C1. The number of nitrogens with zero attached hydrogens (tertiary/aromatic N) is 2. The smallest absolute Gasteiger partial charge is 0.408 e. The van der Waals surface area contributed by atoms with Crippen molar-refractivity contribution in [1.82, 2.24) is 9.47 Å². The highest BCUT2D eigenvalue weighted by molar-refractivity contribution is 6.05. The number of rotatable bonds is 4. The maximum Gasteiger partial charge on any atom is 0.420 e. The molecule has 5 rings (SSSR count). The van der Waals surface area contributed by atoms with E-state index in [1.807, 2.05) is 6.07 Å². The number of fused-ring (bicyclic) bond motifs is 1. The highest BCUT2D eigenvalue weighted by Gasteiger charge is 2.32. The number of oxazole rings is 1. The van der Waals surface area contributed by atoms with Crippen molar-refractivity contribution in [2.75, 3.05) is 23.7 Å². The molecular formula is C27H23F3N4O4. The van der Waals surface area contributed by atoms with Crippen LogP contribution < -0.4 is 16.4 Å². The van der Waals surface area contributed by atoms with E-state index in [1.165, 1.54) is 12.1 Å². The van der Waals surface area contributed by atoms with Crippen LogP contribution in [0.25, 0.3) is 11.1 Å². The third kappa shape index (κ3) is 4.99. The number of hydrogen-bond donors (Lipinski definition) is 2. The molecule has 0 aliphatic carbocycles. The summed E-state index contributed by atoms with van der Waals surface area (Å²) < 4.78 is 45.9. The lowest BCUT2D eigenvalue weighted by molar-refractivity contribution is -0.137. The minimum absolute atomic E-state index is 0.142. The Morgan fingerprint density at radius 1 is 1.00 bits per heavy atom. The fraction of sp³-hybridized carbons (Fsp3) is 0.222. The number of aromatic nitrogens is 1. The number of halogens is 3. The molecule has 4 aromatic rings. The Kier molecular flexibility index (Phi) is 6.43. The van der Waals surface area contributed by atoms with E-state index in [0.717, 1.165) is 17.7 Å². The second-order valence-corrected chi connectivity index (χ2v) is 9.09. The highest BCUT2D eigenvalue weighted by Crippen LogP contribution is 2.30. The molecule has 2 heterocycles. The molecule has 1 atom stereocenters. The first-order valence-electron chi connectivity index (χ1n) is 11.9. The lowest BCUT2D eigenvalue weighted by Crippen LogP contribution is -2.34. The Morgan fingerprint density at radius 3 is 2.58 bits per heavy atom. The van der Waals surface area contributed by atoms with Gasteiger partial charge in [0, 0.05) is 30.0 Å². The Labute approximate surface area is 214 Å². The van der Waals surface area contributed by atoms with Gasteiger partial charge in [0.2, 0.25) is 0 Å². The van der Waals surface area contributed by atoms with E-state index in [-0.39, 0.29) is 17.6 Å². The molecule has 38 heavy (non-hydrogen) atoms. The van der Waals surface area contributed by atoms with Crippen LogP contribution in [0.3, 0.4) is 0 Å². The van der Waals surface area contributed by atoms with Crippen LogP contribution in [-0.2, 0) is 6.18 Å². The first-order valence-corrected chi connectivity index (χ1v) is 11.9.